The van der Waals surface area contributed by atoms with Crippen LogP contribution in [0.5, 0.6) is 0 Å². The van der Waals surface area contributed by atoms with Crippen LogP contribution in [0.15, 0.2) is 0 Å². The monoisotopic (exact) mass is 293 g/mol. The van der Waals surface area contributed by atoms with Gasteiger partial charge in [0.15, 0.2) is 5.78 Å². The normalized spacial score (nSPS) is 35.5. The van der Waals surface area contributed by atoms with Crippen LogP contribution >= 0.6 is 0 Å². The number of carbonyl (C=O) groups is 1. The van der Waals surface area contributed by atoms with E-state index in [4.69, 9.17) is 0 Å². The summed E-state index contributed by atoms with van der Waals surface area (Å²) in [7, 11) is 0. The molecule has 2 heterocycles. The Morgan fingerprint density at radius 3 is 2.43 bits per heavy atom. The van der Waals surface area contributed by atoms with Crippen LogP contribution in [0, 0.1) is 5.92 Å². The van der Waals surface area contributed by atoms with Gasteiger partial charge in [-0.25, -0.2) is 0 Å². The van der Waals surface area contributed by atoms with Gasteiger partial charge in [-0.2, -0.15) is 0 Å². The molecule has 1 aliphatic carbocycles. The van der Waals surface area contributed by atoms with Crippen LogP contribution in [0.4, 0.5) is 0 Å². The molecule has 3 nitrogen and oxygen atoms in total. The van der Waals surface area contributed by atoms with Gasteiger partial charge in [0, 0.05) is 12.3 Å². The summed E-state index contributed by atoms with van der Waals surface area (Å²) in [6.07, 6.45) is 14.3. The molecule has 0 aromatic carbocycles. The van der Waals surface area contributed by atoms with Gasteiger partial charge >= 0.3 is 0 Å². The molecule has 3 unspecified atom stereocenters. The molecule has 120 valence electrons. The molecule has 2 N–H and O–H groups in total. The number of ketones is 1. The lowest BCUT2D eigenvalue weighted by Gasteiger charge is -2.39. The fourth-order valence-electron chi connectivity index (χ4n) is 4.83. The topological polar surface area (TPSA) is 33.5 Å². The van der Waals surface area contributed by atoms with Crippen molar-refractivity contribution >= 4 is 5.78 Å². The molecule has 0 amide bonds. The van der Waals surface area contributed by atoms with E-state index < -0.39 is 0 Å². The molecule has 0 radical (unpaired) electrons. The van der Waals surface area contributed by atoms with Crippen molar-refractivity contribution in [2.75, 3.05) is 19.6 Å². The van der Waals surface area contributed by atoms with E-state index in [0.29, 0.717) is 23.8 Å². The van der Waals surface area contributed by atoms with Gasteiger partial charge in [0.05, 0.1) is 12.6 Å². The van der Waals surface area contributed by atoms with Crippen LogP contribution in [-0.2, 0) is 4.79 Å². The summed E-state index contributed by atoms with van der Waals surface area (Å²) in [5.41, 5.74) is 0. The molecule has 2 saturated heterocycles. The largest absolute Gasteiger partial charge is 0.325 e. The zero-order chi connectivity index (χ0) is 14.5. The molecular formula is C18H33N2O+. The first-order valence-electron chi connectivity index (χ1n) is 9.45. The number of carbonyl (C=O) groups excluding carboxylic acids is 1. The van der Waals surface area contributed by atoms with Gasteiger partial charge in [-0.1, -0.05) is 25.7 Å². The van der Waals surface area contributed by atoms with E-state index in [1.165, 1.54) is 83.7 Å². The molecule has 3 atom stereocenters. The van der Waals surface area contributed by atoms with Gasteiger partial charge in [0.1, 0.15) is 12.6 Å². The maximum atomic E-state index is 12.7. The van der Waals surface area contributed by atoms with E-state index in [1.807, 2.05) is 0 Å². The maximum absolute atomic E-state index is 12.7. The minimum absolute atomic E-state index is 0.396. The predicted octanol–water partition coefficient (Wildman–Crippen LogP) is 1.72. The molecule has 0 aromatic heterocycles. The van der Waals surface area contributed by atoms with Crippen LogP contribution in [-0.4, -0.2) is 37.5 Å². The lowest BCUT2D eigenvalue weighted by molar-refractivity contribution is -0.924. The van der Waals surface area contributed by atoms with Crippen molar-refractivity contribution < 1.29 is 9.69 Å². The smallest absolute Gasteiger partial charge is 0.189 e. The van der Waals surface area contributed by atoms with Crippen LogP contribution < -0.4 is 10.2 Å². The number of hydrogen-bond acceptors (Lipinski definition) is 2. The Morgan fingerprint density at radius 1 is 0.905 bits per heavy atom. The highest BCUT2D eigenvalue weighted by atomic mass is 16.1. The second-order valence-electron chi connectivity index (χ2n) is 7.54. The van der Waals surface area contributed by atoms with E-state index in [0.717, 1.165) is 6.54 Å². The van der Waals surface area contributed by atoms with Crippen molar-refractivity contribution in [3.63, 3.8) is 0 Å². The fourth-order valence-corrected chi connectivity index (χ4v) is 4.83. The molecule has 0 spiro atoms. The number of piperidine rings is 2. The molecule has 0 bridgehead atoms. The zero-order valence-corrected chi connectivity index (χ0v) is 13.5. The number of rotatable bonds is 4. The Kier molecular flexibility index (Phi) is 5.70. The van der Waals surface area contributed by atoms with Crippen LogP contribution in [0.3, 0.4) is 0 Å². The average molecular weight is 293 g/mol. The summed E-state index contributed by atoms with van der Waals surface area (Å²) in [6.45, 7) is 3.22. The Hall–Kier alpha value is -0.410. The number of Topliss-reactive ketones (excluding diaryl/α,β-unsaturated/α-hetero) is 1. The Labute approximate surface area is 129 Å². The third-order valence-electron chi connectivity index (χ3n) is 6.08. The quantitative estimate of drug-likeness (QED) is 0.827. The molecule has 0 aromatic rings. The molecule has 3 rings (SSSR count). The summed E-state index contributed by atoms with van der Waals surface area (Å²) < 4.78 is 0. The van der Waals surface area contributed by atoms with Gasteiger partial charge in [-0.05, 0) is 45.1 Å². The Morgan fingerprint density at radius 2 is 1.67 bits per heavy atom. The van der Waals surface area contributed by atoms with Crippen LogP contribution in [0.25, 0.3) is 0 Å². The van der Waals surface area contributed by atoms with E-state index in [1.54, 1.807) is 4.90 Å². The summed E-state index contributed by atoms with van der Waals surface area (Å²) in [5, 5.41) is 3.74. The van der Waals surface area contributed by atoms with E-state index in [9.17, 15) is 4.79 Å². The summed E-state index contributed by atoms with van der Waals surface area (Å²) in [5.74, 6) is 0.973. The standard InChI is InChI=1S/C18H32N2O/c21-18(15-8-2-1-3-9-15)14-20-13-7-5-11-17(20)16-10-4-6-12-19-16/h15-17,19H,1-14H2/p+1. The number of likely N-dealkylation sites (tertiary alicyclic amines) is 1. The Bertz CT molecular complexity index is 332. The second-order valence-corrected chi connectivity index (χ2v) is 7.54. The summed E-state index contributed by atoms with van der Waals surface area (Å²) in [6, 6.07) is 1.37. The first kappa shape index (κ1) is 15.5. The first-order chi connectivity index (χ1) is 10.3. The van der Waals surface area contributed by atoms with Crippen molar-refractivity contribution in [2.45, 2.75) is 82.7 Å². The van der Waals surface area contributed by atoms with Gasteiger partial charge in [0.25, 0.3) is 0 Å². The Balaban J connectivity index is 1.56. The van der Waals surface area contributed by atoms with Crippen molar-refractivity contribution in [3.8, 4) is 0 Å². The zero-order valence-electron chi connectivity index (χ0n) is 13.5. The highest BCUT2D eigenvalue weighted by Gasteiger charge is 2.36. The minimum Gasteiger partial charge on any atom is -0.325 e. The van der Waals surface area contributed by atoms with Gasteiger partial charge in [-0.3, -0.25) is 4.79 Å². The van der Waals surface area contributed by atoms with Gasteiger partial charge < -0.3 is 10.2 Å². The fraction of sp³-hybridized carbons (Fsp3) is 0.944. The van der Waals surface area contributed by atoms with Gasteiger partial charge in [0.2, 0.25) is 0 Å². The van der Waals surface area contributed by atoms with E-state index in [-0.39, 0.29) is 0 Å². The minimum atomic E-state index is 0.396. The third kappa shape index (κ3) is 4.07. The first-order valence-corrected chi connectivity index (χ1v) is 9.45. The average Bonchev–Trinajstić information content (AvgIpc) is 2.57. The van der Waals surface area contributed by atoms with Crippen LogP contribution in [0.1, 0.15) is 70.6 Å². The highest BCUT2D eigenvalue weighted by Crippen LogP contribution is 2.24. The lowest BCUT2D eigenvalue weighted by Crippen LogP contribution is -3.19. The van der Waals surface area contributed by atoms with E-state index >= 15 is 0 Å². The highest BCUT2D eigenvalue weighted by molar-refractivity contribution is 5.81. The summed E-state index contributed by atoms with van der Waals surface area (Å²) in [4.78, 5) is 14.3. The number of hydrogen-bond donors (Lipinski definition) is 2. The molecule has 3 fully saturated rings. The van der Waals surface area contributed by atoms with E-state index in [2.05, 4.69) is 5.32 Å². The molecule has 3 aliphatic rings. The molecule has 3 heteroatoms. The summed E-state index contributed by atoms with van der Waals surface area (Å²) >= 11 is 0. The van der Waals surface area contributed by atoms with Crippen molar-refractivity contribution in [1.29, 1.82) is 0 Å². The third-order valence-corrected chi connectivity index (χ3v) is 6.08. The van der Waals surface area contributed by atoms with Crippen molar-refractivity contribution in [2.24, 2.45) is 5.92 Å². The number of quaternary nitrogens is 1. The predicted molar refractivity (Wildman–Crippen MR) is 85.6 cm³/mol. The van der Waals surface area contributed by atoms with Crippen molar-refractivity contribution in [3.05, 3.63) is 0 Å². The van der Waals surface area contributed by atoms with Crippen LogP contribution in [0.2, 0.25) is 0 Å². The maximum Gasteiger partial charge on any atom is 0.189 e. The SMILES string of the molecule is O=C(C[NH+]1CCCCC1C1CCCCN1)C1CCCCC1. The molecular weight excluding hydrogens is 260 g/mol. The molecule has 21 heavy (non-hydrogen) atoms. The molecule has 1 saturated carbocycles. The molecule has 2 aliphatic heterocycles. The van der Waals surface area contributed by atoms with Crippen molar-refractivity contribution in [1.82, 2.24) is 5.32 Å². The van der Waals surface area contributed by atoms with Gasteiger partial charge in [-0.15, -0.1) is 0 Å². The lowest BCUT2D eigenvalue weighted by atomic mass is 9.85. The second kappa shape index (κ2) is 7.73. The number of nitrogens with one attached hydrogen (secondary N) is 2.